The molecule has 0 bridgehead atoms. The lowest BCUT2D eigenvalue weighted by Gasteiger charge is -2.21. The van der Waals surface area contributed by atoms with Gasteiger partial charge in [0.25, 0.3) is 11.8 Å². The Labute approximate surface area is 167 Å². The molecule has 3 rings (SSSR count). The second-order valence-corrected chi connectivity index (χ2v) is 8.33. The number of benzene rings is 1. The molecular formula is C20H21ClN2O3S. The van der Waals surface area contributed by atoms with Crippen molar-refractivity contribution < 1.29 is 14.4 Å². The summed E-state index contributed by atoms with van der Waals surface area (Å²) in [4.78, 5) is 41.4. The molecule has 1 aliphatic heterocycles. The van der Waals surface area contributed by atoms with Gasteiger partial charge in [0.1, 0.15) is 0 Å². The minimum Gasteiger partial charge on any atom is -0.338 e. The predicted molar refractivity (Wildman–Crippen MR) is 106 cm³/mol. The van der Waals surface area contributed by atoms with Gasteiger partial charge in [-0.05, 0) is 44.5 Å². The standard InChI is InChI=1S/C20H21ClN2O3S/c1-3-22(12-14-7-9-17(21)27-14)18(24)5-4-10-23-19(25)15-8-6-13(2)11-16(15)20(23)26/h6-9,11H,3-5,10,12H2,1-2H3. The lowest BCUT2D eigenvalue weighted by Crippen LogP contribution is -2.33. The number of carbonyl (C=O) groups is 3. The molecule has 2 aromatic rings. The SMILES string of the molecule is CCN(Cc1ccc(Cl)s1)C(=O)CCCN1C(=O)c2ccc(C)cc2C1=O. The molecule has 0 N–H and O–H groups in total. The third kappa shape index (κ3) is 4.22. The number of imide groups is 1. The highest BCUT2D eigenvalue weighted by Gasteiger charge is 2.35. The molecule has 0 aliphatic carbocycles. The number of thiophene rings is 1. The largest absolute Gasteiger partial charge is 0.338 e. The minimum atomic E-state index is -0.275. The maximum atomic E-state index is 12.5. The average molecular weight is 405 g/mol. The summed E-state index contributed by atoms with van der Waals surface area (Å²) in [6.07, 6.45) is 0.740. The summed E-state index contributed by atoms with van der Waals surface area (Å²) >= 11 is 7.41. The Balaban J connectivity index is 1.55. The van der Waals surface area contributed by atoms with Gasteiger partial charge in [-0.25, -0.2) is 0 Å². The van der Waals surface area contributed by atoms with Gasteiger partial charge in [-0.3, -0.25) is 19.3 Å². The Morgan fingerprint density at radius 2 is 1.89 bits per heavy atom. The highest BCUT2D eigenvalue weighted by molar-refractivity contribution is 7.16. The van der Waals surface area contributed by atoms with Crippen molar-refractivity contribution in [1.82, 2.24) is 9.80 Å². The van der Waals surface area contributed by atoms with Gasteiger partial charge in [0.2, 0.25) is 5.91 Å². The van der Waals surface area contributed by atoms with E-state index in [4.69, 9.17) is 11.6 Å². The fraction of sp³-hybridized carbons (Fsp3) is 0.350. The molecule has 142 valence electrons. The van der Waals surface area contributed by atoms with Crippen LogP contribution in [0.3, 0.4) is 0 Å². The number of fused-ring (bicyclic) bond motifs is 1. The number of halogens is 1. The zero-order valence-electron chi connectivity index (χ0n) is 15.3. The fourth-order valence-electron chi connectivity index (χ4n) is 3.16. The molecule has 0 atom stereocenters. The van der Waals surface area contributed by atoms with Crippen LogP contribution in [0, 0.1) is 6.92 Å². The maximum absolute atomic E-state index is 12.5. The molecule has 5 nitrogen and oxygen atoms in total. The number of hydrogen-bond acceptors (Lipinski definition) is 4. The second-order valence-electron chi connectivity index (χ2n) is 6.53. The Morgan fingerprint density at radius 1 is 1.15 bits per heavy atom. The van der Waals surface area contributed by atoms with E-state index in [9.17, 15) is 14.4 Å². The van der Waals surface area contributed by atoms with Gasteiger partial charge in [-0.1, -0.05) is 23.2 Å². The van der Waals surface area contributed by atoms with Gasteiger partial charge in [-0.15, -0.1) is 11.3 Å². The van der Waals surface area contributed by atoms with Crippen LogP contribution in [0.25, 0.3) is 0 Å². The molecule has 3 amide bonds. The molecule has 0 saturated carbocycles. The molecule has 1 aromatic carbocycles. The van der Waals surface area contributed by atoms with E-state index in [2.05, 4.69) is 0 Å². The fourth-order valence-corrected chi connectivity index (χ4v) is 4.26. The molecule has 2 heterocycles. The highest BCUT2D eigenvalue weighted by Crippen LogP contribution is 2.25. The summed E-state index contributed by atoms with van der Waals surface area (Å²) in [7, 11) is 0. The topological polar surface area (TPSA) is 57.7 Å². The number of carbonyl (C=O) groups excluding carboxylic acids is 3. The van der Waals surface area contributed by atoms with Crippen LogP contribution < -0.4 is 0 Å². The van der Waals surface area contributed by atoms with E-state index in [0.717, 1.165) is 10.4 Å². The quantitative estimate of drug-likeness (QED) is 0.652. The van der Waals surface area contributed by atoms with Gasteiger partial charge >= 0.3 is 0 Å². The van der Waals surface area contributed by atoms with Crippen molar-refractivity contribution in [2.45, 2.75) is 33.2 Å². The molecule has 7 heteroatoms. The summed E-state index contributed by atoms with van der Waals surface area (Å²) in [5.41, 5.74) is 1.84. The van der Waals surface area contributed by atoms with E-state index < -0.39 is 0 Å². The summed E-state index contributed by atoms with van der Waals surface area (Å²) in [6.45, 7) is 5.19. The van der Waals surface area contributed by atoms with Crippen LogP contribution in [-0.4, -0.2) is 40.6 Å². The van der Waals surface area contributed by atoms with E-state index >= 15 is 0 Å². The Hall–Kier alpha value is -2.18. The number of amides is 3. The molecule has 0 spiro atoms. The van der Waals surface area contributed by atoms with Crippen molar-refractivity contribution in [1.29, 1.82) is 0 Å². The average Bonchev–Trinajstić information content (AvgIpc) is 3.15. The van der Waals surface area contributed by atoms with Crippen molar-refractivity contribution in [3.63, 3.8) is 0 Å². The van der Waals surface area contributed by atoms with Crippen LogP contribution in [0.5, 0.6) is 0 Å². The Bertz CT molecular complexity index is 893. The van der Waals surface area contributed by atoms with Crippen LogP contribution in [0.4, 0.5) is 0 Å². The molecule has 27 heavy (non-hydrogen) atoms. The van der Waals surface area contributed by atoms with E-state index in [1.807, 2.05) is 32.0 Å². The van der Waals surface area contributed by atoms with Crippen molar-refractivity contribution in [2.24, 2.45) is 0 Å². The van der Waals surface area contributed by atoms with E-state index in [1.165, 1.54) is 16.2 Å². The van der Waals surface area contributed by atoms with Crippen molar-refractivity contribution in [3.05, 3.63) is 56.2 Å². The first-order valence-corrected chi connectivity index (χ1v) is 10.1. The molecule has 0 fully saturated rings. The normalized spacial score (nSPS) is 13.2. The lowest BCUT2D eigenvalue weighted by molar-refractivity contribution is -0.131. The van der Waals surface area contributed by atoms with Crippen molar-refractivity contribution in [3.8, 4) is 0 Å². The van der Waals surface area contributed by atoms with Gasteiger partial charge in [0.15, 0.2) is 0 Å². The zero-order chi connectivity index (χ0) is 19.6. The molecule has 1 aliphatic rings. The number of aryl methyl sites for hydroxylation is 1. The highest BCUT2D eigenvalue weighted by atomic mass is 35.5. The number of hydrogen-bond donors (Lipinski definition) is 0. The summed E-state index contributed by atoms with van der Waals surface area (Å²) < 4.78 is 0.703. The van der Waals surface area contributed by atoms with Crippen molar-refractivity contribution >= 4 is 40.7 Å². The van der Waals surface area contributed by atoms with E-state index in [-0.39, 0.29) is 24.3 Å². The molecular weight excluding hydrogens is 384 g/mol. The zero-order valence-corrected chi connectivity index (χ0v) is 16.9. The number of rotatable bonds is 7. The minimum absolute atomic E-state index is 0.00877. The molecule has 0 radical (unpaired) electrons. The first-order valence-electron chi connectivity index (χ1n) is 8.89. The maximum Gasteiger partial charge on any atom is 0.261 e. The van der Waals surface area contributed by atoms with Crippen molar-refractivity contribution in [2.75, 3.05) is 13.1 Å². The molecule has 1 aromatic heterocycles. The second kappa shape index (κ2) is 8.23. The first kappa shape index (κ1) is 19.6. The van der Waals surface area contributed by atoms with Crippen LogP contribution in [0.1, 0.15) is 50.9 Å². The summed E-state index contributed by atoms with van der Waals surface area (Å²) in [5.74, 6) is -0.538. The Kier molecular flexibility index (Phi) is 5.97. The third-order valence-corrected chi connectivity index (χ3v) is 5.82. The van der Waals surface area contributed by atoms with Crippen LogP contribution >= 0.6 is 22.9 Å². The third-order valence-electron chi connectivity index (χ3n) is 4.61. The lowest BCUT2D eigenvalue weighted by atomic mass is 10.1. The van der Waals surface area contributed by atoms with Crippen LogP contribution in [0.2, 0.25) is 4.34 Å². The molecule has 0 saturated heterocycles. The summed E-state index contributed by atoms with van der Waals surface area (Å²) in [5, 5.41) is 0. The van der Waals surface area contributed by atoms with Gasteiger partial charge in [0.05, 0.1) is 22.0 Å². The predicted octanol–water partition coefficient (Wildman–Crippen LogP) is 4.13. The van der Waals surface area contributed by atoms with Crippen LogP contribution in [0.15, 0.2) is 30.3 Å². The smallest absolute Gasteiger partial charge is 0.261 e. The number of nitrogens with zero attached hydrogens (tertiary/aromatic N) is 2. The van der Waals surface area contributed by atoms with E-state index in [1.54, 1.807) is 17.0 Å². The van der Waals surface area contributed by atoms with Crippen LogP contribution in [-0.2, 0) is 11.3 Å². The molecule has 0 unspecified atom stereocenters. The summed E-state index contributed by atoms with van der Waals surface area (Å²) in [6, 6.07) is 9.01. The Morgan fingerprint density at radius 3 is 2.56 bits per heavy atom. The van der Waals surface area contributed by atoms with E-state index in [0.29, 0.717) is 41.4 Å². The van der Waals surface area contributed by atoms with Gasteiger partial charge in [-0.2, -0.15) is 0 Å². The van der Waals surface area contributed by atoms with Gasteiger partial charge < -0.3 is 4.90 Å². The first-order chi connectivity index (χ1) is 12.9. The monoisotopic (exact) mass is 404 g/mol. The van der Waals surface area contributed by atoms with Gasteiger partial charge in [0, 0.05) is 24.4 Å².